The van der Waals surface area contributed by atoms with Crippen LogP contribution in [0.1, 0.15) is 5.69 Å². The number of hydrogen-bond donors (Lipinski definition) is 1. The molecular formula is C13H11BrN2O. The number of benzene rings is 1. The summed E-state index contributed by atoms with van der Waals surface area (Å²) in [6.45, 7) is 2.00. The maximum atomic E-state index is 5.30. The molecule has 0 bridgehead atoms. The number of aryl methyl sites for hydroxylation is 1. The van der Waals surface area contributed by atoms with Gasteiger partial charge in [-0.1, -0.05) is 0 Å². The van der Waals surface area contributed by atoms with Crippen LogP contribution in [0, 0.1) is 6.92 Å². The highest BCUT2D eigenvalue weighted by molar-refractivity contribution is 9.10. The summed E-state index contributed by atoms with van der Waals surface area (Å²) < 4.78 is 6.25. The van der Waals surface area contributed by atoms with Gasteiger partial charge in [-0.25, -0.2) is 0 Å². The first-order valence-corrected chi connectivity index (χ1v) is 6.11. The Hall–Kier alpha value is -1.55. The van der Waals surface area contributed by atoms with Crippen LogP contribution in [0.3, 0.4) is 0 Å². The number of rotatable bonds is 1. The van der Waals surface area contributed by atoms with E-state index >= 15 is 0 Å². The van der Waals surface area contributed by atoms with Crippen LogP contribution in [0.2, 0.25) is 0 Å². The fourth-order valence-corrected chi connectivity index (χ4v) is 2.74. The smallest absolute Gasteiger partial charge is 0.135 e. The summed E-state index contributed by atoms with van der Waals surface area (Å²) >= 11 is 3.57. The monoisotopic (exact) mass is 290 g/mol. The fraction of sp³-hybridized carbons (Fsp3) is 0.154. The molecule has 2 heterocycles. The lowest BCUT2D eigenvalue weighted by molar-refractivity contribution is 0.413. The number of H-pyrrole nitrogens is 1. The molecule has 17 heavy (non-hydrogen) atoms. The van der Waals surface area contributed by atoms with E-state index in [-0.39, 0.29) is 0 Å². The first-order chi connectivity index (χ1) is 8.22. The van der Waals surface area contributed by atoms with Gasteiger partial charge in [0.25, 0.3) is 0 Å². The van der Waals surface area contributed by atoms with Crippen molar-refractivity contribution in [2.24, 2.45) is 0 Å². The van der Waals surface area contributed by atoms with Gasteiger partial charge < -0.3 is 9.72 Å². The number of halogens is 1. The van der Waals surface area contributed by atoms with Crippen LogP contribution in [-0.4, -0.2) is 17.1 Å². The molecule has 0 amide bonds. The Morgan fingerprint density at radius 2 is 1.94 bits per heavy atom. The van der Waals surface area contributed by atoms with Gasteiger partial charge in [0.15, 0.2) is 0 Å². The molecule has 0 spiro atoms. The summed E-state index contributed by atoms with van der Waals surface area (Å²) in [7, 11) is 1.67. The van der Waals surface area contributed by atoms with Gasteiger partial charge in [0.1, 0.15) is 5.75 Å². The molecule has 0 saturated carbocycles. The van der Waals surface area contributed by atoms with E-state index in [1.54, 1.807) is 7.11 Å². The van der Waals surface area contributed by atoms with Crippen LogP contribution in [0.15, 0.2) is 28.9 Å². The lowest BCUT2D eigenvalue weighted by Gasteiger charge is -2.03. The Balaban J connectivity index is 2.51. The number of aromatic amines is 1. The van der Waals surface area contributed by atoms with E-state index in [2.05, 4.69) is 32.0 Å². The van der Waals surface area contributed by atoms with E-state index < -0.39 is 0 Å². The van der Waals surface area contributed by atoms with E-state index in [9.17, 15) is 0 Å². The largest absolute Gasteiger partial charge is 0.495 e. The number of fused-ring (bicyclic) bond motifs is 3. The van der Waals surface area contributed by atoms with Crippen LogP contribution < -0.4 is 4.74 Å². The molecule has 86 valence electrons. The predicted octanol–water partition coefficient (Wildman–Crippen LogP) is 3.80. The van der Waals surface area contributed by atoms with Crippen LogP contribution in [0.5, 0.6) is 5.75 Å². The second-order valence-electron chi connectivity index (χ2n) is 3.95. The summed E-state index contributed by atoms with van der Waals surface area (Å²) in [5, 5.41) is 2.37. The first-order valence-electron chi connectivity index (χ1n) is 5.32. The van der Waals surface area contributed by atoms with Gasteiger partial charge in [0.05, 0.1) is 28.3 Å². The SMILES string of the molecule is COc1ccc2c([nH]c3c(C)nccc32)c1Br. The highest BCUT2D eigenvalue weighted by Gasteiger charge is 2.11. The lowest BCUT2D eigenvalue weighted by Crippen LogP contribution is -1.84. The molecule has 0 saturated heterocycles. The molecule has 0 atom stereocenters. The Morgan fingerprint density at radius 1 is 1.18 bits per heavy atom. The minimum absolute atomic E-state index is 0.828. The standard InChI is InChI=1S/C13H11BrN2O/c1-7-12-9(5-6-15-7)8-3-4-10(17-2)11(14)13(8)16-12/h3-6,16H,1-2H3. The Morgan fingerprint density at radius 3 is 2.71 bits per heavy atom. The number of nitrogens with zero attached hydrogens (tertiary/aromatic N) is 1. The van der Waals surface area contributed by atoms with Gasteiger partial charge >= 0.3 is 0 Å². The Labute approximate surface area is 107 Å². The van der Waals surface area contributed by atoms with E-state index in [0.29, 0.717) is 0 Å². The van der Waals surface area contributed by atoms with Crippen molar-refractivity contribution in [2.75, 3.05) is 7.11 Å². The fourth-order valence-electron chi connectivity index (χ4n) is 2.13. The zero-order valence-corrected chi connectivity index (χ0v) is 11.1. The molecule has 0 radical (unpaired) electrons. The van der Waals surface area contributed by atoms with Gasteiger partial charge in [0.2, 0.25) is 0 Å². The molecule has 0 aliphatic carbocycles. The van der Waals surface area contributed by atoms with Gasteiger partial charge in [-0.05, 0) is 41.1 Å². The van der Waals surface area contributed by atoms with Gasteiger partial charge in [-0.3, -0.25) is 4.98 Å². The molecule has 0 fully saturated rings. The lowest BCUT2D eigenvalue weighted by atomic mass is 10.1. The summed E-state index contributed by atoms with van der Waals surface area (Å²) in [6.07, 6.45) is 1.84. The molecule has 0 unspecified atom stereocenters. The van der Waals surface area contributed by atoms with E-state index in [0.717, 1.165) is 26.9 Å². The number of aromatic nitrogens is 2. The number of hydrogen-bond acceptors (Lipinski definition) is 2. The van der Waals surface area contributed by atoms with Crippen molar-refractivity contribution in [1.29, 1.82) is 0 Å². The van der Waals surface area contributed by atoms with Gasteiger partial charge in [-0.2, -0.15) is 0 Å². The summed E-state index contributed by atoms with van der Waals surface area (Å²) in [6, 6.07) is 6.06. The first kappa shape index (κ1) is 10.6. The van der Waals surface area contributed by atoms with Crippen molar-refractivity contribution in [3.05, 3.63) is 34.6 Å². The van der Waals surface area contributed by atoms with Crippen LogP contribution in [0.4, 0.5) is 0 Å². The highest BCUT2D eigenvalue weighted by Crippen LogP contribution is 2.36. The maximum absolute atomic E-state index is 5.30. The Kier molecular flexibility index (Phi) is 2.33. The normalized spacial score (nSPS) is 11.2. The number of methoxy groups -OCH3 is 1. The maximum Gasteiger partial charge on any atom is 0.135 e. The van der Waals surface area contributed by atoms with Crippen LogP contribution in [0.25, 0.3) is 21.8 Å². The van der Waals surface area contributed by atoms with Gasteiger partial charge in [0, 0.05) is 17.0 Å². The zero-order valence-electron chi connectivity index (χ0n) is 9.54. The molecular weight excluding hydrogens is 280 g/mol. The zero-order chi connectivity index (χ0) is 12.0. The second kappa shape index (κ2) is 3.74. The van der Waals surface area contributed by atoms with Crippen molar-refractivity contribution in [2.45, 2.75) is 6.92 Å². The molecule has 4 heteroatoms. The predicted molar refractivity (Wildman–Crippen MR) is 72.6 cm³/mol. The number of ether oxygens (including phenoxy) is 1. The minimum Gasteiger partial charge on any atom is -0.495 e. The van der Waals surface area contributed by atoms with Crippen molar-refractivity contribution in [3.8, 4) is 5.75 Å². The molecule has 0 aliphatic rings. The van der Waals surface area contributed by atoms with Crippen molar-refractivity contribution < 1.29 is 4.74 Å². The summed E-state index contributed by atoms with van der Waals surface area (Å²) in [5.74, 6) is 0.828. The number of nitrogens with one attached hydrogen (secondary N) is 1. The molecule has 2 aromatic heterocycles. The minimum atomic E-state index is 0.828. The van der Waals surface area contributed by atoms with Crippen LogP contribution in [-0.2, 0) is 0 Å². The molecule has 3 aromatic rings. The van der Waals surface area contributed by atoms with Crippen LogP contribution >= 0.6 is 15.9 Å². The third-order valence-corrected chi connectivity index (χ3v) is 3.79. The van der Waals surface area contributed by atoms with E-state index in [4.69, 9.17) is 4.74 Å². The highest BCUT2D eigenvalue weighted by atomic mass is 79.9. The quantitative estimate of drug-likeness (QED) is 0.740. The molecule has 3 nitrogen and oxygen atoms in total. The van der Waals surface area contributed by atoms with Crippen molar-refractivity contribution in [1.82, 2.24) is 9.97 Å². The van der Waals surface area contributed by atoms with Crippen molar-refractivity contribution in [3.63, 3.8) is 0 Å². The molecule has 3 rings (SSSR count). The summed E-state index contributed by atoms with van der Waals surface area (Å²) in [4.78, 5) is 7.70. The van der Waals surface area contributed by atoms with Crippen molar-refractivity contribution >= 4 is 37.7 Å². The topological polar surface area (TPSA) is 37.9 Å². The third kappa shape index (κ3) is 1.44. The molecule has 1 aromatic carbocycles. The number of pyridine rings is 1. The molecule has 1 N–H and O–H groups in total. The van der Waals surface area contributed by atoms with E-state index in [1.807, 2.05) is 25.3 Å². The average Bonchev–Trinajstić information content (AvgIpc) is 2.71. The summed E-state index contributed by atoms with van der Waals surface area (Å²) in [5.41, 5.74) is 3.14. The van der Waals surface area contributed by atoms with E-state index in [1.165, 1.54) is 10.8 Å². The molecule has 0 aliphatic heterocycles. The second-order valence-corrected chi connectivity index (χ2v) is 4.74. The third-order valence-electron chi connectivity index (χ3n) is 3.01. The Bertz CT molecular complexity index is 718. The van der Waals surface area contributed by atoms with Gasteiger partial charge in [-0.15, -0.1) is 0 Å². The average molecular weight is 291 g/mol.